The van der Waals surface area contributed by atoms with Gasteiger partial charge in [0.05, 0.1) is 0 Å². The van der Waals surface area contributed by atoms with E-state index in [1.165, 1.54) is 0 Å². The Morgan fingerprint density at radius 2 is 0.600 bits per heavy atom. The van der Waals surface area contributed by atoms with Crippen LogP contribution in [0.25, 0.3) is 54.2 Å². The fourth-order valence-corrected chi connectivity index (χ4v) is 5.40. The van der Waals surface area contributed by atoms with Crippen LogP contribution in [-0.2, 0) is 43.4 Å². The summed E-state index contributed by atoms with van der Waals surface area (Å²) in [6, 6.07) is 49.5. The SMILES string of the molecule is CC(C)O.CC(C)O.O.Oc1ccc2ccccc2c1.Oc1ccc2ccccc2c1.Oc1ccc2ccccc2c1-c1c(O)ccc2ccccc12.[Ti].[Ti]. The second kappa shape index (κ2) is 24.0. The molecule has 0 atom stereocenters. The number of fused-ring (bicyclic) bond motifs is 4. The van der Waals surface area contributed by atoms with E-state index in [4.69, 9.17) is 20.4 Å². The number of benzene rings is 8. The summed E-state index contributed by atoms with van der Waals surface area (Å²) in [5, 5.41) is 63.6. The molecule has 0 aliphatic heterocycles. The van der Waals surface area contributed by atoms with Crippen molar-refractivity contribution in [1.82, 2.24) is 0 Å². The van der Waals surface area contributed by atoms with E-state index in [1.54, 1.807) is 64.1 Å². The van der Waals surface area contributed by atoms with Gasteiger partial charge >= 0.3 is 0 Å². The minimum absolute atomic E-state index is 0. The van der Waals surface area contributed by atoms with Crippen molar-refractivity contribution in [1.29, 1.82) is 0 Å². The molecule has 0 saturated carbocycles. The number of hydrogen-bond donors (Lipinski definition) is 6. The predicted molar refractivity (Wildman–Crippen MR) is 220 cm³/mol. The van der Waals surface area contributed by atoms with Crippen LogP contribution in [0.4, 0.5) is 0 Å². The Balaban J connectivity index is 0.000000391. The van der Waals surface area contributed by atoms with Crippen molar-refractivity contribution in [2.45, 2.75) is 39.9 Å². The minimum Gasteiger partial charge on any atom is -0.508 e. The molecule has 0 aliphatic rings. The van der Waals surface area contributed by atoms with Crippen LogP contribution in [0.5, 0.6) is 23.0 Å². The first-order valence-corrected chi connectivity index (χ1v) is 17.1. The Labute approximate surface area is 352 Å². The molecule has 7 nitrogen and oxygen atoms in total. The third kappa shape index (κ3) is 14.5. The van der Waals surface area contributed by atoms with Crippen molar-refractivity contribution in [3.63, 3.8) is 0 Å². The third-order valence-corrected chi connectivity index (χ3v) is 7.53. The molecule has 282 valence electrons. The molecule has 0 bridgehead atoms. The van der Waals surface area contributed by atoms with Gasteiger partial charge < -0.3 is 36.1 Å². The number of hydrogen-bond acceptors (Lipinski definition) is 6. The van der Waals surface area contributed by atoms with Crippen molar-refractivity contribution in [2.75, 3.05) is 0 Å². The van der Waals surface area contributed by atoms with E-state index in [0.717, 1.165) is 43.1 Å². The molecule has 55 heavy (non-hydrogen) atoms. The molecule has 0 aliphatic carbocycles. The average molecular weight is 809 g/mol. The molecule has 8 aromatic carbocycles. The molecule has 9 heteroatoms. The van der Waals surface area contributed by atoms with E-state index in [0.29, 0.717) is 22.6 Å². The first-order valence-electron chi connectivity index (χ1n) is 17.1. The van der Waals surface area contributed by atoms with Crippen molar-refractivity contribution in [3.8, 4) is 34.1 Å². The van der Waals surface area contributed by atoms with E-state index in [2.05, 4.69) is 0 Å². The zero-order valence-corrected chi connectivity index (χ0v) is 34.5. The first kappa shape index (κ1) is 48.3. The number of aliphatic hydroxyl groups excluding tert-OH is 2. The van der Waals surface area contributed by atoms with Crippen LogP contribution in [0.3, 0.4) is 0 Å². The zero-order valence-electron chi connectivity index (χ0n) is 31.3. The van der Waals surface area contributed by atoms with E-state index in [9.17, 15) is 10.2 Å². The number of aromatic hydroxyl groups is 4. The Hall–Kier alpha value is -4.69. The molecule has 0 amide bonds. The summed E-state index contributed by atoms with van der Waals surface area (Å²) in [5.41, 5.74) is 1.35. The molecule has 0 radical (unpaired) electrons. The zero-order chi connectivity index (χ0) is 37.6. The molecular formula is C46H48O7Ti2. The van der Waals surface area contributed by atoms with Gasteiger partial charge in [-0.3, -0.25) is 0 Å². The van der Waals surface area contributed by atoms with Gasteiger partial charge in [0.1, 0.15) is 23.0 Å². The Bertz CT molecular complexity index is 2190. The summed E-state index contributed by atoms with van der Waals surface area (Å²) in [5.74, 6) is 0.989. The van der Waals surface area contributed by atoms with Crippen LogP contribution >= 0.6 is 0 Å². The van der Waals surface area contributed by atoms with E-state index in [1.807, 2.05) is 121 Å². The van der Waals surface area contributed by atoms with Gasteiger partial charge in [0, 0.05) is 66.8 Å². The first-order chi connectivity index (χ1) is 24.9. The largest absolute Gasteiger partial charge is 0.508 e. The standard InChI is InChI=1S/C20H14O2.2C10H8O.2C3H8O.H2O.2Ti/c21-17-11-9-13-5-1-3-7-15(13)19(17)20-16-8-4-2-6-14(16)10-12-18(20)22;2*11-10-6-5-8-3-1-2-4-9(8)7-10;2*1-3(2)4;;;/h1-12,21-22H;2*1-7,11H;2*3-4H,1-2H3;1H2;;. The molecule has 0 heterocycles. The Morgan fingerprint density at radius 3 is 0.927 bits per heavy atom. The van der Waals surface area contributed by atoms with Crippen LogP contribution in [0.1, 0.15) is 27.7 Å². The summed E-state index contributed by atoms with van der Waals surface area (Å²) in [6.45, 7) is 6.89. The number of phenols is 4. The van der Waals surface area contributed by atoms with Gasteiger partial charge in [0.15, 0.2) is 0 Å². The maximum atomic E-state index is 10.4. The van der Waals surface area contributed by atoms with Crippen molar-refractivity contribution in [3.05, 3.63) is 158 Å². The Kier molecular flexibility index (Phi) is 21.0. The third-order valence-electron chi connectivity index (χ3n) is 7.53. The maximum absolute atomic E-state index is 10.4. The fourth-order valence-electron chi connectivity index (χ4n) is 5.40. The fraction of sp³-hybridized carbons (Fsp3) is 0.130. The van der Waals surface area contributed by atoms with E-state index >= 15 is 0 Å². The molecule has 0 spiro atoms. The van der Waals surface area contributed by atoms with Crippen LogP contribution < -0.4 is 0 Å². The van der Waals surface area contributed by atoms with E-state index < -0.39 is 0 Å². The van der Waals surface area contributed by atoms with Crippen LogP contribution in [0.2, 0.25) is 0 Å². The molecule has 8 aromatic rings. The van der Waals surface area contributed by atoms with Gasteiger partial charge in [-0.15, -0.1) is 0 Å². The van der Waals surface area contributed by atoms with Gasteiger partial charge in [-0.2, -0.15) is 0 Å². The smallest absolute Gasteiger partial charge is 0.124 e. The number of phenolic OH excluding ortho intramolecular Hbond substituents is 4. The predicted octanol–water partition coefficient (Wildman–Crippen LogP) is 10.1. The number of aliphatic hydroxyl groups is 2. The summed E-state index contributed by atoms with van der Waals surface area (Å²) in [7, 11) is 0. The van der Waals surface area contributed by atoms with Gasteiger partial charge in [-0.05, 0) is 107 Å². The maximum Gasteiger partial charge on any atom is 0.124 e. The second-order valence-corrected chi connectivity index (χ2v) is 12.6. The van der Waals surface area contributed by atoms with Crippen molar-refractivity contribution >= 4 is 43.1 Å². The molecule has 0 saturated heterocycles. The van der Waals surface area contributed by atoms with Crippen LogP contribution in [0, 0.1) is 0 Å². The van der Waals surface area contributed by atoms with Crippen LogP contribution in [-0.4, -0.2) is 48.3 Å². The average Bonchev–Trinajstić information content (AvgIpc) is 3.12. The van der Waals surface area contributed by atoms with Gasteiger partial charge in [0.25, 0.3) is 0 Å². The Morgan fingerprint density at radius 1 is 0.345 bits per heavy atom. The molecular weight excluding hydrogens is 760 g/mol. The van der Waals surface area contributed by atoms with Crippen LogP contribution in [0.15, 0.2) is 158 Å². The molecule has 0 fully saturated rings. The van der Waals surface area contributed by atoms with E-state index in [-0.39, 0.29) is 72.6 Å². The summed E-state index contributed by atoms with van der Waals surface area (Å²) in [4.78, 5) is 0. The van der Waals surface area contributed by atoms with Gasteiger partial charge in [0.2, 0.25) is 0 Å². The summed E-state index contributed by atoms with van der Waals surface area (Å²) >= 11 is 0. The minimum atomic E-state index is -0.167. The second-order valence-electron chi connectivity index (χ2n) is 12.6. The van der Waals surface area contributed by atoms with Crippen molar-refractivity contribution in [2.24, 2.45) is 0 Å². The summed E-state index contributed by atoms with van der Waals surface area (Å²) in [6.07, 6.45) is -0.333. The van der Waals surface area contributed by atoms with Crippen molar-refractivity contribution < 1.29 is 79.6 Å². The molecule has 0 unspecified atom stereocenters. The normalized spacial score (nSPS) is 9.82. The quantitative estimate of drug-likeness (QED) is 0.0909. The topological polar surface area (TPSA) is 153 Å². The molecule has 0 aromatic heterocycles. The molecule has 8 rings (SSSR count). The van der Waals surface area contributed by atoms with Gasteiger partial charge in [-0.1, -0.05) is 121 Å². The monoisotopic (exact) mass is 808 g/mol. The van der Waals surface area contributed by atoms with Gasteiger partial charge in [-0.25, -0.2) is 0 Å². The summed E-state index contributed by atoms with van der Waals surface area (Å²) < 4.78 is 0. The molecule has 8 N–H and O–H groups in total. The number of rotatable bonds is 1.